The summed E-state index contributed by atoms with van der Waals surface area (Å²) in [6.07, 6.45) is 0.836. The molecule has 0 spiro atoms. The van der Waals surface area contributed by atoms with E-state index >= 15 is 0 Å². The number of benzene rings is 3. The third-order valence-electron chi connectivity index (χ3n) is 5.88. The highest BCUT2D eigenvalue weighted by Crippen LogP contribution is 2.31. The fourth-order valence-electron chi connectivity index (χ4n) is 4.05. The van der Waals surface area contributed by atoms with Crippen molar-refractivity contribution in [2.45, 2.75) is 26.8 Å². The molecule has 0 radical (unpaired) electrons. The number of amides is 3. The average molecular weight is 439 g/mol. The minimum Gasteiger partial charge on any atom is -0.320 e. The van der Waals surface area contributed by atoms with Crippen LogP contribution in [0.4, 0.5) is 16.2 Å². The van der Waals surface area contributed by atoms with Gasteiger partial charge >= 0.3 is 6.03 Å². The number of nitrogens with zero attached hydrogens (tertiary/aromatic N) is 3. The molecule has 0 aromatic heterocycles. The first-order valence-electron chi connectivity index (χ1n) is 11.0. The molecule has 1 heterocycles. The Kier molecular flexibility index (Phi) is 6.41. The highest BCUT2D eigenvalue weighted by molar-refractivity contribution is 6.08. The van der Waals surface area contributed by atoms with Crippen LogP contribution >= 0.6 is 0 Å². The molecule has 33 heavy (non-hydrogen) atoms. The van der Waals surface area contributed by atoms with Crippen LogP contribution in [-0.4, -0.2) is 29.9 Å². The Morgan fingerprint density at radius 2 is 1.85 bits per heavy atom. The Labute approximate surface area is 194 Å². The molecule has 6 heteroatoms. The van der Waals surface area contributed by atoms with Gasteiger partial charge in [-0.3, -0.25) is 9.69 Å². The van der Waals surface area contributed by atoms with Gasteiger partial charge in [0.25, 0.3) is 5.91 Å². The van der Waals surface area contributed by atoms with Crippen molar-refractivity contribution in [2.75, 3.05) is 23.3 Å². The molecule has 3 aromatic carbocycles. The van der Waals surface area contributed by atoms with E-state index in [0.717, 1.165) is 23.1 Å². The molecule has 1 fully saturated rings. The zero-order valence-corrected chi connectivity index (χ0v) is 18.8. The normalized spacial score (nSPS) is 13.5. The minimum atomic E-state index is -0.319. The molecule has 1 aliphatic heterocycles. The van der Waals surface area contributed by atoms with Crippen molar-refractivity contribution < 1.29 is 9.59 Å². The minimum absolute atomic E-state index is 0.0738. The van der Waals surface area contributed by atoms with Gasteiger partial charge < -0.3 is 10.2 Å². The molecular formula is C27H26N4O2. The van der Waals surface area contributed by atoms with Crippen LogP contribution in [0, 0.1) is 25.2 Å². The largest absolute Gasteiger partial charge is 0.324 e. The molecule has 6 nitrogen and oxygen atoms in total. The monoisotopic (exact) mass is 438 g/mol. The lowest BCUT2D eigenvalue weighted by molar-refractivity contribution is 0.102. The summed E-state index contributed by atoms with van der Waals surface area (Å²) in [5.41, 5.74) is 5.32. The summed E-state index contributed by atoms with van der Waals surface area (Å²) in [5, 5.41) is 12.1. The molecule has 0 atom stereocenters. The number of nitrogens with one attached hydrogen (secondary N) is 1. The number of rotatable bonds is 5. The number of urea groups is 1. The van der Waals surface area contributed by atoms with Gasteiger partial charge in [-0.1, -0.05) is 36.4 Å². The lowest BCUT2D eigenvalue weighted by Gasteiger charge is -2.36. The predicted octanol–water partition coefficient (Wildman–Crippen LogP) is 5.26. The van der Waals surface area contributed by atoms with E-state index < -0.39 is 0 Å². The average Bonchev–Trinajstić information content (AvgIpc) is 2.82. The van der Waals surface area contributed by atoms with Gasteiger partial charge in [0.2, 0.25) is 0 Å². The molecule has 166 valence electrons. The fraction of sp³-hybridized carbons (Fsp3) is 0.222. The van der Waals surface area contributed by atoms with Crippen LogP contribution in [0.1, 0.15) is 39.0 Å². The highest BCUT2D eigenvalue weighted by Gasteiger charge is 2.29. The standard InChI is InChI=1S/C27H26N4O2/c1-19-11-12-25(24(15-19)29-26(32)22-10-5-8-21(16-22)17-28)31-14-6-13-30(27(31)33)18-23-9-4-3-7-20(23)2/h3-5,7-12,15-16H,6,13-14,18H2,1-2H3,(H,29,32). The summed E-state index contributed by atoms with van der Waals surface area (Å²) in [6, 6.07) is 22.3. The van der Waals surface area contributed by atoms with E-state index in [1.54, 1.807) is 29.2 Å². The Bertz CT molecular complexity index is 1240. The maximum atomic E-state index is 13.4. The van der Waals surface area contributed by atoms with Crippen molar-refractivity contribution >= 4 is 23.3 Å². The maximum absolute atomic E-state index is 13.4. The second-order valence-corrected chi connectivity index (χ2v) is 8.30. The molecule has 0 unspecified atom stereocenters. The van der Waals surface area contributed by atoms with Crippen molar-refractivity contribution in [1.82, 2.24) is 4.90 Å². The van der Waals surface area contributed by atoms with Crippen LogP contribution in [0.2, 0.25) is 0 Å². The number of aryl methyl sites for hydroxylation is 2. The van der Waals surface area contributed by atoms with E-state index in [1.165, 1.54) is 0 Å². The summed E-state index contributed by atoms with van der Waals surface area (Å²) in [5.74, 6) is -0.319. The quantitative estimate of drug-likeness (QED) is 0.590. The third kappa shape index (κ3) is 4.88. The van der Waals surface area contributed by atoms with E-state index in [0.29, 0.717) is 42.1 Å². The van der Waals surface area contributed by atoms with Gasteiger partial charge in [0, 0.05) is 25.2 Å². The van der Waals surface area contributed by atoms with Crippen molar-refractivity contribution in [3.8, 4) is 6.07 Å². The SMILES string of the molecule is Cc1ccc(N2CCCN(Cc3ccccc3C)C2=O)c(NC(=O)c2cccc(C#N)c2)c1. The van der Waals surface area contributed by atoms with Crippen LogP contribution in [0.5, 0.6) is 0 Å². The van der Waals surface area contributed by atoms with Gasteiger partial charge in [0.05, 0.1) is 23.0 Å². The molecule has 0 bridgehead atoms. The Hall–Kier alpha value is -4.11. The fourth-order valence-corrected chi connectivity index (χ4v) is 4.05. The van der Waals surface area contributed by atoms with Crippen LogP contribution in [0.3, 0.4) is 0 Å². The van der Waals surface area contributed by atoms with Gasteiger partial charge in [0.15, 0.2) is 0 Å². The Morgan fingerprint density at radius 3 is 2.64 bits per heavy atom. The second-order valence-electron chi connectivity index (χ2n) is 8.30. The van der Waals surface area contributed by atoms with Crippen molar-refractivity contribution in [3.63, 3.8) is 0 Å². The Morgan fingerprint density at radius 1 is 1.03 bits per heavy atom. The third-order valence-corrected chi connectivity index (χ3v) is 5.88. The van der Waals surface area contributed by atoms with Crippen LogP contribution in [0.15, 0.2) is 66.7 Å². The number of anilines is 2. The van der Waals surface area contributed by atoms with Crippen molar-refractivity contribution in [3.05, 3.63) is 94.5 Å². The predicted molar refractivity (Wildman–Crippen MR) is 129 cm³/mol. The number of hydrogen-bond donors (Lipinski definition) is 1. The van der Waals surface area contributed by atoms with E-state index in [-0.39, 0.29) is 11.9 Å². The molecule has 0 saturated carbocycles. The van der Waals surface area contributed by atoms with Crippen LogP contribution in [0.25, 0.3) is 0 Å². The van der Waals surface area contributed by atoms with Gasteiger partial charge in [0.1, 0.15) is 0 Å². The molecular weight excluding hydrogens is 412 g/mol. The van der Waals surface area contributed by atoms with E-state index in [2.05, 4.69) is 30.4 Å². The van der Waals surface area contributed by atoms with Crippen LogP contribution < -0.4 is 10.2 Å². The molecule has 1 aliphatic rings. The van der Waals surface area contributed by atoms with Gasteiger partial charge in [-0.15, -0.1) is 0 Å². The first-order valence-corrected chi connectivity index (χ1v) is 11.0. The number of nitriles is 1. The van der Waals surface area contributed by atoms with Gasteiger partial charge in [-0.25, -0.2) is 4.79 Å². The summed E-state index contributed by atoms with van der Waals surface area (Å²) >= 11 is 0. The number of hydrogen-bond acceptors (Lipinski definition) is 3. The van der Waals surface area contributed by atoms with Gasteiger partial charge in [-0.05, 0) is 67.3 Å². The van der Waals surface area contributed by atoms with Gasteiger partial charge in [-0.2, -0.15) is 5.26 Å². The molecule has 4 rings (SSSR count). The molecule has 3 amide bonds. The first-order chi connectivity index (χ1) is 16.0. The topological polar surface area (TPSA) is 76.4 Å². The molecule has 1 N–H and O–H groups in total. The van der Waals surface area contributed by atoms with Crippen LogP contribution in [-0.2, 0) is 6.54 Å². The summed E-state index contributed by atoms with van der Waals surface area (Å²) in [7, 11) is 0. The number of carbonyl (C=O) groups is 2. The lowest BCUT2D eigenvalue weighted by atomic mass is 10.1. The zero-order valence-electron chi connectivity index (χ0n) is 18.8. The molecule has 1 saturated heterocycles. The maximum Gasteiger partial charge on any atom is 0.324 e. The summed E-state index contributed by atoms with van der Waals surface area (Å²) < 4.78 is 0. The van der Waals surface area contributed by atoms with Crippen molar-refractivity contribution in [2.24, 2.45) is 0 Å². The lowest BCUT2D eigenvalue weighted by Crippen LogP contribution is -2.49. The van der Waals surface area contributed by atoms with E-state index in [9.17, 15) is 9.59 Å². The summed E-state index contributed by atoms with van der Waals surface area (Å²) in [4.78, 5) is 29.9. The second kappa shape index (κ2) is 9.58. The highest BCUT2D eigenvalue weighted by atomic mass is 16.2. The molecule has 0 aliphatic carbocycles. The molecule has 3 aromatic rings. The Balaban J connectivity index is 1.59. The first kappa shape index (κ1) is 22.1. The smallest absolute Gasteiger partial charge is 0.320 e. The van der Waals surface area contributed by atoms with E-state index in [4.69, 9.17) is 5.26 Å². The number of carbonyl (C=O) groups excluding carboxylic acids is 2. The van der Waals surface area contributed by atoms with E-state index in [1.807, 2.05) is 42.2 Å². The zero-order chi connectivity index (χ0) is 23.4. The summed E-state index contributed by atoms with van der Waals surface area (Å²) in [6.45, 7) is 5.82. The van der Waals surface area contributed by atoms with Crippen molar-refractivity contribution in [1.29, 1.82) is 5.26 Å².